The molecule has 7 heteroatoms. The lowest BCUT2D eigenvalue weighted by Gasteiger charge is -2.32. The molecule has 2 heterocycles. The van der Waals surface area contributed by atoms with E-state index < -0.39 is 0 Å². The second-order valence-corrected chi connectivity index (χ2v) is 7.58. The Bertz CT molecular complexity index is 1010. The first-order valence-electron chi connectivity index (χ1n) is 10.1. The zero-order valence-corrected chi connectivity index (χ0v) is 16.9. The number of nitrogens with one attached hydrogen (secondary N) is 3. The number of nitrogens with zero attached hydrogens (tertiary/aromatic N) is 2. The third-order valence-corrected chi connectivity index (χ3v) is 5.35. The van der Waals surface area contributed by atoms with E-state index in [0.29, 0.717) is 24.3 Å². The molecule has 30 heavy (non-hydrogen) atoms. The minimum Gasteiger partial charge on any atom is -0.338 e. The van der Waals surface area contributed by atoms with Crippen LogP contribution in [0.1, 0.15) is 28.8 Å². The van der Waals surface area contributed by atoms with Crippen LogP contribution in [-0.2, 0) is 0 Å². The van der Waals surface area contributed by atoms with Crippen molar-refractivity contribution in [1.82, 2.24) is 20.4 Å². The molecule has 154 valence electrons. The number of likely N-dealkylation sites (tertiary alicyclic amines) is 1. The first-order chi connectivity index (χ1) is 14.6. The van der Waals surface area contributed by atoms with Crippen LogP contribution in [0.3, 0.4) is 0 Å². The molecule has 1 aliphatic rings. The molecule has 0 bridgehead atoms. The summed E-state index contributed by atoms with van der Waals surface area (Å²) in [5.41, 5.74) is 4.40. The summed E-state index contributed by atoms with van der Waals surface area (Å²) < 4.78 is 0. The van der Waals surface area contributed by atoms with Crippen LogP contribution in [0.15, 0.2) is 60.8 Å². The second kappa shape index (κ2) is 8.82. The number of carbonyl (C=O) groups excluding carboxylic acids is 2. The lowest BCUT2D eigenvalue weighted by molar-refractivity contribution is 0.0709. The Morgan fingerprint density at radius 2 is 1.83 bits per heavy atom. The molecule has 3 N–H and O–H groups in total. The highest BCUT2D eigenvalue weighted by atomic mass is 16.2. The molecule has 1 aromatic heterocycles. The number of aryl methyl sites for hydroxylation is 1. The van der Waals surface area contributed by atoms with Gasteiger partial charge in [0.25, 0.3) is 5.91 Å². The number of urea groups is 1. The highest BCUT2D eigenvalue weighted by Crippen LogP contribution is 2.20. The number of carbonyl (C=O) groups is 2. The molecular weight excluding hydrogens is 378 g/mol. The summed E-state index contributed by atoms with van der Waals surface area (Å²) in [5.74, 6) is 0.0496. The van der Waals surface area contributed by atoms with Crippen molar-refractivity contribution in [3.05, 3.63) is 71.9 Å². The molecule has 0 unspecified atom stereocenters. The van der Waals surface area contributed by atoms with Gasteiger partial charge in [0, 0.05) is 42.1 Å². The molecule has 1 aliphatic heterocycles. The largest absolute Gasteiger partial charge is 0.338 e. The van der Waals surface area contributed by atoms with Crippen molar-refractivity contribution in [3.8, 4) is 11.3 Å². The van der Waals surface area contributed by atoms with Crippen LogP contribution in [0.25, 0.3) is 11.3 Å². The van der Waals surface area contributed by atoms with Gasteiger partial charge in [0.2, 0.25) is 0 Å². The Morgan fingerprint density at radius 3 is 2.53 bits per heavy atom. The average Bonchev–Trinajstić information content (AvgIpc) is 3.29. The van der Waals surface area contributed by atoms with E-state index in [4.69, 9.17) is 0 Å². The fourth-order valence-electron chi connectivity index (χ4n) is 3.64. The zero-order chi connectivity index (χ0) is 20.9. The Hall–Kier alpha value is -3.61. The van der Waals surface area contributed by atoms with Crippen molar-refractivity contribution in [2.24, 2.45) is 0 Å². The molecule has 3 amide bonds. The predicted octanol–water partition coefficient (Wildman–Crippen LogP) is 3.81. The maximum atomic E-state index is 12.6. The fraction of sp³-hybridized carbons (Fsp3) is 0.261. The molecule has 2 aromatic carbocycles. The van der Waals surface area contributed by atoms with Gasteiger partial charge in [-0.1, -0.05) is 29.8 Å². The summed E-state index contributed by atoms with van der Waals surface area (Å²) in [7, 11) is 0. The van der Waals surface area contributed by atoms with Crippen LogP contribution in [0.4, 0.5) is 10.5 Å². The molecule has 0 radical (unpaired) electrons. The number of hydrogen-bond donors (Lipinski definition) is 3. The van der Waals surface area contributed by atoms with Gasteiger partial charge in [0.15, 0.2) is 0 Å². The monoisotopic (exact) mass is 403 g/mol. The van der Waals surface area contributed by atoms with E-state index in [1.165, 1.54) is 0 Å². The SMILES string of the molecule is Cc1ccc(C(=O)N2CCC(NC(=O)Nc3cccc(-c4ccn[nH]4)c3)CC2)cc1. The molecule has 7 nitrogen and oxygen atoms in total. The van der Waals surface area contributed by atoms with Crippen molar-refractivity contribution in [2.45, 2.75) is 25.8 Å². The van der Waals surface area contributed by atoms with Crippen LogP contribution >= 0.6 is 0 Å². The van der Waals surface area contributed by atoms with Gasteiger partial charge in [-0.05, 0) is 50.1 Å². The predicted molar refractivity (Wildman–Crippen MR) is 116 cm³/mol. The summed E-state index contributed by atoms with van der Waals surface area (Å²) in [5, 5.41) is 12.8. The van der Waals surface area contributed by atoms with Crippen LogP contribution in [0.5, 0.6) is 0 Å². The maximum absolute atomic E-state index is 12.6. The van der Waals surface area contributed by atoms with E-state index in [9.17, 15) is 9.59 Å². The third kappa shape index (κ3) is 4.68. The first-order valence-corrected chi connectivity index (χ1v) is 10.1. The summed E-state index contributed by atoms with van der Waals surface area (Å²) >= 11 is 0. The van der Waals surface area contributed by atoms with Crippen molar-refractivity contribution in [2.75, 3.05) is 18.4 Å². The highest BCUT2D eigenvalue weighted by Gasteiger charge is 2.24. The summed E-state index contributed by atoms with van der Waals surface area (Å²) in [6.07, 6.45) is 3.16. The molecule has 0 spiro atoms. The Labute approximate surface area is 175 Å². The van der Waals surface area contributed by atoms with Gasteiger partial charge in [0.1, 0.15) is 0 Å². The highest BCUT2D eigenvalue weighted by molar-refractivity contribution is 5.94. The van der Waals surface area contributed by atoms with Gasteiger partial charge in [0.05, 0.1) is 5.69 Å². The van der Waals surface area contributed by atoms with E-state index in [2.05, 4.69) is 20.8 Å². The van der Waals surface area contributed by atoms with E-state index in [1.807, 2.05) is 66.4 Å². The van der Waals surface area contributed by atoms with Gasteiger partial charge >= 0.3 is 6.03 Å². The smallest absolute Gasteiger partial charge is 0.319 e. The van der Waals surface area contributed by atoms with Gasteiger partial charge < -0.3 is 15.5 Å². The molecule has 3 aromatic rings. The number of piperidine rings is 1. The molecule has 0 saturated carbocycles. The van der Waals surface area contributed by atoms with Gasteiger partial charge in [-0.3, -0.25) is 9.89 Å². The fourth-order valence-corrected chi connectivity index (χ4v) is 3.64. The van der Waals surface area contributed by atoms with Crippen LogP contribution in [-0.4, -0.2) is 46.2 Å². The second-order valence-electron chi connectivity index (χ2n) is 7.58. The quantitative estimate of drug-likeness (QED) is 0.619. The maximum Gasteiger partial charge on any atom is 0.319 e. The van der Waals surface area contributed by atoms with Gasteiger partial charge in [-0.25, -0.2) is 4.79 Å². The first kappa shape index (κ1) is 19.7. The number of aromatic nitrogens is 2. The number of amides is 3. The molecule has 0 aliphatic carbocycles. The molecule has 1 saturated heterocycles. The third-order valence-electron chi connectivity index (χ3n) is 5.35. The number of rotatable bonds is 4. The van der Waals surface area contributed by atoms with Crippen molar-refractivity contribution in [3.63, 3.8) is 0 Å². The van der Waals surface area contributed by atoms with Crippen LogP contribution < -0.4 is 10.6 Å². The van der Waals surface area contributed by atoms with Gasteiger partial charge in [-0.2, -0.15) is 5.10 Å². The van der Waals surface area contributed by atoms with E-state index in [1.54, 1.807) is 6.20 Å². The van der Waals surface area contributed by atoms with E-state index in [0.717, 1.165) is 29.7 Å². The normalized spacial score (nSPS) is 14.4. The van der Waals surface area contributed by atoms with Crippen molar-refractivity contribution < 1.29 is 9.59 Å². The topological polar surface area (TPSA) is 90.1 Å². The zero-order valence-electron chi connectivity index (χ0n) is 16.9. The van der Waals surface area contributed by atoms with E-state index in [-0.39, 0.29) is 18.0 Å². The summed E-state index contributed by atoms with van der Waals surface area (Å²) in [6.45, 7) is 3.27. The van der Waals surface area contributed by atoms with Crippen molar-refractivity contribution in [1.29, 1.82) is 0 Å². The molecule has 4 rings (SSSR count). The molecule has 0 atom stereocenters. The lowest BCUT2D eigenvalue weighted by atomic mass is 10.0. The Morgan fingerprint density at radius 1 is 1.07 bits per heavy atom. The average molecular weight is 403 g/mol. The minimum absolute atomic E-state index is 0.0443. The number of aromatic amines is 1. The summed E-state index contributed by atoms with van der Waals surface area (Å²) in [6, 6.07) is 16.9. The van der Waals surface area contributed by atoms with Crippen molar-refractivity contribution >= 4 is 17.6 Å². The number of H-pyrrole nitrogens is 1. The Balaban J connectivity index is 1.28. The summed E-state index contributed by atoms with van der Waals surface area (Å²) in [4.78, 5) is 26.9. The number of benzene rings is 2. The lowest BCUT2D eigenvalue weighted by Crippen LogP contribution is -2.47. The van der Waals surface area contributed by atoms with Gasteiger partial charge in [-0.15, -0.1) is 0 Å². The minimum atomic E-state index is -0.236. The standard InChI is InChI=1S/C23H25N5O2/c1-16-5-7-17(8-6-16)22(29)28-13-10-19(11-14-28)25-23(30)26-20-4-2-3-18(15-20)21-9-12-24-27-21/h2-9,12,15,19H,10-11,13-14H2,1H3,(H,24,27)(H2,25,26,30). The molecular formula is C23H25N5O2. The number of hydrogen-bond acceptors (Lipinski definition) is 3. The van der Waals surface area contributed by atoms with Crippen LogP contribution in [0.2, 0.25) is 0 Å². The van der Waals surface area contributed by atoms with E-state index >= 15 is 0 Å². The number of anilines is 1. The molecule has 1 fully saturated rings. The Kier molecular flexibility index (Phi) is 5.79. The van der Waals surface area contributed by atoms with Crippen LogP contribution in [0, 0.1) is 6.92 Å².